The quantitative estimate of drug-likeness (QED) is 0.766. The number of hydrogen-bond donors (Lipinski definition) is 3. The summed E-state index contributed by atoms with van der Waals surface area (Å²) in [4.78, 5) is 12.0. The van der Waals surface area contributed by atoms with Crippen LogP contribution in [0.15, 0.2) is 48.5 Å². The van der Waals surface area contributed by atoms with E-state index in [4.69, 9.17) is 4.74 Å². The molecule has 0 aromatic heterocycles. The summed E-state index contributed by atoms with van der Waals surface area (Å²) < 4.78 is 18.7. The van der Waals surface area contributed by atoms with Crippen molar-refractivity contribution in [2.75, 3.05) is 19.0 Å². The first-order valence-corrected chi connectivity index (χ1v) is 7.18. The zero-order valence-electron chi connectivity index (χ0n) is 12.8. The van der Waals surface area contributed by atoms with Gasteiger partial charge in [0.05, 0.1) is 25.4 Å². The Morgan fingerprint density at radius 3 is 2.65 bits per heavy atom. The number of aliphatic hydroxyl groups excluding tert-OH is 1. The first-order chi connectivity index (χ1) is 11.1. The van der Waals surface area contributed by atoms with Gasteiger partial charge in [0, 0.05) is 6.07 Å². The number of methoxy groups -OCH3 is 1. The van der Waals surface area contributed by atoms with E-state index in [1.165, 1.54) is 25.3 Å². The lowest BCUT2D eigenvalue weighted by molar-refractivity contribution is 0.224. The van der Waals surface area contributed by atoms with Crippen molar-refractivity contribution in [1.29, 1.82) is 0 Å². The van der Waals surface area contributed by atoms with Crippen LogP contribution < -0.4 is 15.4 Å². The Morgan fingerprint density at radius 2 is 2.00 bits per heavy atom. The van der Waals surface area contributed by atoms with E-state index >= 15 is 0 Å². The van der Waals surface area contributed by atoms with Crippen LogP contribution in [0.4, 0.5) is 14.9 Å². The van der Waals surface area contributed by atoms with E-state index in [1.54, 1.807) is 0 Å². The first kappa shape index (κ1) is 16.8. The minimum Gasteiger partial charge on any atom is -0.497 e. The molecular weight excluding hydrogens is 299 g/mol. The number of aliphatic hydroxyl groups is 1. The van der Waals surface area contributed by atoms with Gasteiger partial charge in [0.1, 0.15) is 11.6 Å². The Labute approximate surface area is 134 Å². The molecule has 0 fully saturated rings. The van der Waals surface area contributed by atoms with Gasteiger partial charge in [0.2, 0.25) is 0 Å². The van der Waals surface area contributed by atoms with Crippen molar-refractivity contribution in [2.45, 2.75) is 12.5 Å². The van der Waals surface area contributed by atoms with Crippen LogP contribution in [0.3, 0.4) is 0 Å². The predicted molar refractivity (Wildman–Crippen MR) is 86.1 cm³/mol. The molecule has 2 aromatic carbocycles. The summed E-state index contributed by atoms with van der Waals surface area (Å²) in [5.41, 5.74) is 0.998. The van der Waals surface area contributed by atoms with Gasteiger partial charge in [0.15, 0.2) is 0 Å². The zero-order chi connectivity index (χ0) is 16.7. The molecule has 0 radical (unpaired) electrons. The first-order valence-electron chi connectivity index (χ1n) is 7.18. The van der Waals surface area contributed by atoms with Crippen LogP contribution >= 0.6 is 0 Å². The summed E-state index contributed by atoms with van der Waals surface area (Å²) in [6.07, 6.45) is 0.478. The fraction of sp³-hybridized carbons (Fsp3) is 0.235. The summed E-state index contributed by atoms with van der Waals surface area (Å²) in [5, 5.41) is 14.4. The van der Waals surface area contributed by atoms with Crippen molar-refractivity contribution in [3.63, 3.8) is 0 Å². The lowest BCUT2D eigenvalue weighted by Crippen LogP contribution is -2.41. The van der Waals surface area contributed by atoms with Crippen LogP contribution in [0.25, 0.3) is 0 Å². The van der Waals surface area contributed by atoms with Crippen LogP contribution in [0, 0.1) is 5.82 Å². The number of amides is 2. The van der Waals surface area contributed by atoms with Gasteiger partial charge in [-0.1, -0.05) is 30.3 Å². The van der Waals surface area contributed by atoms with Crippen molar-refractivity contribution in [1.82, 2.24) is 5.32 Å². The molecule has 0 saturated heterocycles. The molecule has 1 atom stereocenters. The molecule has 2 amide bonds. The van der Waals surface area contributed by atoms with E-state index in [-0.39, 0.29) is 12.3 Å². The van der Waals surface area contributed by atoms with Crippen LogP contribution in [-0.4, -0.2) is 30.9 Å². The normalized spacial score (nSPS) is 11.6. The Kier molecular flexibility index (Phi) is 5.94. The van der Waals surface area contributed by atoms with Crippen molar-refractivity contribution >= 4 is 11.7 Å². The molecule has 0 aliphatic carbocycles. The van der Waals surface area contributed by atoms with E-state index in [0.29, 0.717) is 12.2 Å². The number of urea groups is 1. The molecule has 122 valence electrons. The van der Waals surface area contributed by atoms with Gasteiger partial charge in [-0.25, -0.2) is 9.18 Å². The molecule has 2 rings (SSSR count). The monoisotopic (exact) mass is 318 g/mol. The highest BCUT2D eigenvalue weighted by atomic mass is 19.1. The summed E-state index contributed by atoms with van der Waals surface area (Å²) in [6, 6.07) is 12.5. The van der Waals surface area contributed by atoms with Gasteiger partial charge in [-0.2, -0.15) is 0 Å². The molecular formula is C17H19FN2O3. The number of hydrogen-bond acceptors (Lipinski definition) is 3. The maximum absolute atomic E-state index is 13.7. The number of benzene rings is 2. The van der Waals surface area contributed by atoms with Gasteiger partial charge >= 0.3 is 6.03 Å². The highest BCUT2D eigenvalue weighted by molar-refractivity contribution is 5.89. The molecule has 5 nitrogen and oxygen atoms in total. The number of anilines is 1. The fourth-order valence-electron chi connectivity index (χ4n) is 2.13. The molecule has 0 bridgehead atoms. The summed E-state index contributed by atoms with van der Waals surface area (Å²) >= 11 is 0. The zero-order valence-corrected chi connectivity index (χ0v) is 12.8. The largest absolute Gasteiger partial charge is 0.497 e. The summed E-state index contributed by atoms with van der Waals surface area (Å²) in [5.74, 6) is -0.130. The Hall–Kier alpha value is -2.60. The van der Waals surface area contributed by atoms with E-state index in [9.17, 15) is 14.3 Å². The number of ether oxygens (including phenoxy) is 1. The average Bonchev–Trinajstić information content (AvgIpc) is 2.57. The van der Waals surface area contributed by atoms with Crippen molar-refractivity contribution in [2.24, 2.45) is 0 Å². The molecule has 0 heterocycles. The van der Waals surface area contributed by atoms with E-state index in [0.717, 1.165) is 5.56 Å². The van der Waals surface area contributed by atoms with Crippen molar-refractivity contribution < 1.29 is 19.0 Å². The number of carbonyl (C=O) groups is 1. The van der Waals surface area contributed by atoms with Crippen molar-refractivity contribution in [3.05, 3.63) is 59.9 Å². The van der Waals surface area contributed by atoms with Gasteiger partial charge in [-0.05, 0) is 24.1 Å². The lowest BCUT2D eigenvalue weighted by atomic mass is 10.1. The number of rotatable bonds is 6. The summed E-state index contributed by atoms with van der Waals surface area (Å²) in [7, 11) is 1.46. The topological polar surface area (TPSA) is 70.6 Å². The molecule has 3 N–H and O–H groups in total. The SMILES string of the molecule is COc1ccc(F)c(NC(=O)N[C@H](CO)Cc2ccccc2)c1. The molecule has 0 aliphatic heterocycles. The second kappa shape index (κ2) is 8.14. The average molecular weight is 318 g/mol. The minimum atomic E-state index is -0.591. The van der Waals surface area contributed by atoms with Gasteiger partial charge in [-0.3, -0.25) is 0 Å². The molecule has 23 heavy (non-hydrogen) atoms. The lowest BCUT2D eigenvalue weighted by Gasteiger charge is -2.17. The van der Waals surface area contributed by atoms with Crippen LogP contribution in [0.1, 0.15) is 5.56 Å². The molecule has 0 aliphatic rings. The molecule has 2 aromatic rings. The van der Waals surface area contributed by atoms with Gasteiger partial charge in [0.25, 0.3) is 0 Å². The Morgan fingerprint density at radius 1 is 1.26 bits per heavy atom. The second-order valence-corrected chi connectivity index (χ2v) is 5.01. The predicted octanol–water partition coefficient (Wildman–Crippen LogP) is 2.56. The van der Waals surface area contributed by atoms with Crippen LogP contribution in [0.5, 0.6) is 5.75 Å². The third-order valence-corrected chi connectivity index (χ3v) is 3.30. The van der Waals surface area contributed by atoms with Crippen LogP contribution in [0.2, 0.25) is 0 Å². The molecule has 6 heteroatoms. The van der Waals surface area contributed by atoms with E-state index in [2.05, 4.69) is 10.6 Å². The third kappa shape index (κ3) is 4.96. The maximum Gasteiger partial charge on any atom is 0.319 e. The third-order valence-electron chi connectivity index (χ3n) is 3.30. The van der Waals surface area contributed by atoms with Crippen molar-refractivity contribution in [3.8, 4) is 5.75 Å². The Balaban J connectivity index is 1.97. The van der Waals surface area contributed by atoms with Crippen LogP contribution in [-0.2, 0) is 6.42 Å². The number of nitrogens with one attached hydrogen (secondary N) is 2. The van der Waals surface area contributed by atoms with Gasteiger partial charge < -0.3 is 20.5 Å². The smallest absolute Gasteiger partial charge is 0.319 e. The molecule has 0 unspecified atom stereocenters. The van der Waals surface area contributed by atoms with E-state index in [1.807, 2.05) is 30.3 Å². The summed E-state index contributed by atoms with van der Waals surface area (Å²) in [6.45, 7) is -0.219. The highest BCUT2D eigenvalue weighted by Gasteiger charge is 2.14. The molecule has 0 saturated carbocycles. The standard InChI is InChI=1S/C17H19FN2O3/c1-23-14-7-8-15(18)16(10-14)20-17(22)19-13(11-21)9-12-5-3-2-4-6-12/h2-8,10,13,21H,9,11H2,1H3,(H2,19,20,22)/t13-/m0/s1. The Bertz CT molecular complexity index is 650. The number of halogens is 1. The second-order valence-electron chi connectivity index (χ2n) is 5.01. The molecule has 0 spiro atoms. The number of carbonyl (C=O) groups excluding carboxylic acids is 1. The maximum atomic E-state index is 13.7. The highest BCUT2D eigenvalue weighted by Crippen LogP contribution is 2.20. The van der Waals surface area contributed by atoms with E-state index < -0.39 is 17.9 Å². The van der Waals surface area contributed by atoms with Gasteiger partial charge in [-0.15, -0.1) is 0 Å². The minimum absolute atomic E-state index is 0.0123. The fourth-order valence-corrected chi connectivity index (χ4v) is 2.13.